The Kier molecular flexibility index (Phi) is 8.56. The molecule has 1 aliphatic heterocycles. The summed E-state index contributed by atoms with van der Waals surface area (Å²) in [6, 6.07) is 11.2. The fourth-order valence-corrected chi connectivity index (χ4v) is 3.91. The minimum Gasteiger partial charge on any atom is -0.486 e. The maximum Gasteiger partial charge on any atom is 0.319 e. The van der Waals surface area contributed by atoms with E-state index >= 15 is 0 Å². The molecule has 31 heavy (non-hydrogen) atoms. The molecule has 2 N–H and O–H groups in total. The van der Waals surface area contributed by atoms with Crippen molar-refractivity contribution in [2.45, 2.75) is 64.3 Å². The molecule has 2 aliphatic rings. The molecule has 2 aromatic rings. The van der Waals surface area contributed by atoms with Gasteiger partial charge in [-0.25, -0.2) is 9.18 Å². The van der Waals surface area contributed by atoms with Gasteiger partial charge in [0.05, 0.1) is 0 Å². The quantitative estimate of drug-likeness (QED) is 0.592. The predicted molar refractivity (Wildman–Crippen MR) is 122 cm³/mol. The summed E-state index contributed by atoms with van der Waals surface area (Å²) in [4.78, 5) is 12.3. The van der Waals surface area contributed by atoms with Crippen molar-refractivity contribution in [3.05, 3.63) is 53.8 Å². The van der Waals surface area contributed by atoms with Gasteiger partial charge in [-0.2, -0.15) is 0 Å². The van der Waals surface area contributed by atoms with Crippen molar-refractivity contribution in [1.29, 1.82) is 0 Å². The van der Waals surface area contributed by atoms with Crippen molar-refractivity contribution < 1.29 is 18.7 Å². The Morgan fingerprint density at radius 2 is 1.58 bits per heavy atom. The van der Waals surface area contributed by atoms with E-state index in [0.717, 1.165) is 23.5 Å². The molecule has 2 aromatic carbocycles. The molecule has 168 valence electrons. The highest BCUT2D eigenvalue weighted by molar-refractivity contribution is 5.89. The lowest BCUT2D eigenvalue weighted by Crippen LogP contribution is -2.40. The highest BCUT2D eigenvalue weighted by Crippen LogP contribution is 2.34. The van der Waals surface area contributed by atoms with Crippen LogP contribution in [0, 0.1) is 5.82 Å². The number of fused-ring (bicyclic) bond motifs is 1. The van der Waals surface area contributed by atoms with Crippen LogP contribution in [0.15, 0.2) is 42.5 Å². The normalized spacial score (nSPS) is 16.5. The summed E-state index contributed by atoms with van der Waals surface area (Å²) in [5, 5.41) is 5.72. The van der Waals surface area contributed by atoms with Gasteiger partial charge in [0.25, 0.3) is 0 Å². The number of hydrogen-bond donors (Lipinski definition) is 2. The Morgan fingerprint density at radius 1 is 0.968 bits per heavy atom. The van der Waals surface area contributed by atoms with Gasteiger partial charge in [-0.05, 0) is 48.4 Å². The summed E-state index contributed by atoms with van der Waals surface area (Å²) >= 11 is 0. The number of anilines is 1. The van der Waals surface area contributed by atoms with Crippen LogP contribution in [0.2, 0.25) is 0 Å². The Balaban J connectivity index is 0.000000478. The van der Waals surface area contributed by atoms with Crippen LogP contribution in [0.1, 0.15) is 63.9 Å². The van der Waals surface area contributed by atoms with Crippen LogP contribution in [0.5, 0.6) is 11.5 Å². The molecule has 4 rings (SSSR count). The maximum absolute atomic E-state index is 13.0. The van der Waals surface area contributed by atoms with Crippen LogP contribution in [0.4, 0.5) is 14.9 Å². The highest BCUT2D eigenvalue weighted by Gasteiger charge is 2.22. The van der Waals surface area contributed by atoms with Crippen LogP contribution in [0.3, 0.4) is 0 Å². The molecule has 6 heteroatoms. The van der Waals surface area contributed by atoms with Crippen molar-refractivity contribution in [1.82, 2.24) is 5.32 Å². The molecule has 1 saturated carbocycles. The summed E-state index contributed by atoms with van der Waals surface area (Å²) < 4.78 is 24.1. The maximum atomic E-state index is 13.0. The number of carbonyl (C=O) groups excluding carboxylic acids is 1. The lowest BCUT2D eigenvalue weighted by Gasteiger charge is -2.26. The first-order valence-electron chi connectivity index (χ1n) is 11.3. The monoisotopic (exact) mass is 428 g/mol. The van der Waals surface area contributed by atoms with E-state index in [1.807, 2.05) is 25.1 Å². The molecule has 0 aromatic heterocycles. The molecule has 0 bridgehead atoms. The number of benzene rings is 2. The molecule has 1 aliphatic carbocycles. The second-order valence-electron chi connectivity index (χ2n) is 8.08. The largest absolute Gasteiger partial charge is 0.486 e. The zero-order chi connectivity index (χ0) is 22.1. The van der Waals surface area contributed by atoms with Crippen LogP contribution in [-0.4, -0.2) is 25.3 Å². The lowest BCUT2D eigenvalue weighted by atomic mass is 9.91. The van der Waals surface area contributed by atoms with Crippen molar-refractivity contribution >= 4 is 11.7 Å². The van der Waals surface area contributed by atoms with E-state index in [1.165, 1.54) is 56.4 Å². The fourth-order valence-electron chi connectivity index (χ4n) is 3.91. The molecule has 2 amide bonds. The van der Waals surface area contributed by atoms with E-state index in [9.17, 15) is 9.18 Å². The number of nitrogens with one attached hydrogen (secondary N) is 2. The third-order valence-electron chi connectivity index (χ3n) is 5.80. The summed E-state index contributed by atoms with van der Waals surface area (Å²) in [6.07, 6.45) is 8.27. The van der Waals surface area contributed by atoms with Gasteiger partial charge in [0.1, 0.15) is 19.0 Å². The number of ether oxygens (including phenoxy) is 2. The van der Waals surface area contributed by atoms with Crippen LogP contribution < -0.4 is 20.1 Å². The van der Waals surface area contributed by atoms with Gasteiger partial charge < -0.3 is 20.1 Å². The molecule has 2 unspecified atom stereocenters. The van der Waals surface area contributed by atoms with Crippen molar-refractivity contribution in [3.63, 3.8) is 0 Å². The molecule has 1 heterocycles. The summed E-state index contributed by atoms with van der Waals surface area (Å²) in [7, 11) is 0. The van der Waals surface area contributed by atoms with E-state index in [2.05, 4.69) is 17.6 Å². The van der Waals surface area contributed by atoms with Crippen molar-refractivity contribution in [2.24, 2.45) is 0 Å². The predicted octanol–water partition coefficient (Wildman–Crippen LogP) is 6.25. The van der Waals surface area contributed by atoms with E-state index < -0.39 is 0 Å². The van der Waals surface area contributed by atoms with Crippen LogP contribution >= 0.6 is 0 Å². The molecule has 0 spiro atoms. The first-order chi connectivity index (χ1) is 15.1. The van der Waals surface area contributed by atoms with Gasteiger partial charge in [0, 0.05) is 17.6 Å². The topological polar surface area (TPSA) is 59.6 Å². The Morgan fingerprint density at radius 3 is 2.19 bits per heavy atom. The van der Waals surface area contributed by atoms with Gasteiger partial charge in [0.15, 0.2) is 11.5 Å². The van der Waals surface area contributed by atoms with E-state index in [1.54, 1.807) is 0 Å². The zero-order valence-corrected chi connectivity index (χ0v) is 18.5. The number of amides is 2. The van der Waals surface area contributed by atoms with Crippen LogP contribution in [-0.2, 0) is 0 Å². The molecule has 0 saturated heterocycles. The minimum atomic E-state index is -0.338. The average molecular weight is 429 g/mol. The fraction of sp³-hybridized carbons (Fsp3) is 0.480. The minimum absolute atomic E-state index is 0.0574. The smallest absolute Gasteiger partial charge is 0.319 e. The number of urea groups is 1. The standard InChI is InChI=1S/C20H23FN2O3.C5H10/c1-3-17(23-20(24)22-16-7-5-15(21)6-8-16)13(2)14-4-9-18-19(12-14)26-11-10-25-18;1-2-4-5-3-1/h4-9,12-13,17H,3,10-11H2,1-2H3,(H2,22,23,24);1-5H2. The first kappa shape index (κ1) is 22.9. The van der Waals surface area contributed by atoms with Gasteiger partial charge in [-0.15, -0.1) is 0 Å². The van der Waals surface area contributed by atoms with E-state index in [4.69, 9.17) is 9.47 Å². The molecule has 2 atom stereocenters. The number of halogens is 1. The lowest BCUT2D eigenvalue weighted by molar-refractivity contribution is 0.171. The third-order valence-corrected chi connectivity index (χ3v) is 5.80. The molecule has 5 nitrogen and oxygen atoms in total. The third kappa shape index (κ3) is 6.88. The Bertz CT molecular complexity index is 830. The summed E-state index contributed by atoms with van der Waals surface area (Å²) in [5.41, 5.74) is 1.62. The Labute approximate surface area is 184 Å². The van der Waals surface area contributed by atoms with Crippen molar-refractivity contribution in [3.8, 4) is 11.5 Å². The van der Waals surface area contributed by atoms with Gasteiger partial charge >= 0.3 is 6.03 Å². The summed E-state index contributed by atoms with van der Waals surface area (Å²) in [5.74, 6) is 1.25. The average Bonchev–Trinajstić information content (AvgIpc) is 3.38. The molecule has 1 fully saturated rings. The second-order valence-corrected chi connectivity index (χ2v) is 8.08. The van der Waals surface area contributed by atoms with Crippen molar-refractivity contribution in [2.75, 3.05) is 18.5 Å². The summed E-state index contributed by atoms with van der Waals surface area (Å²) in [6.45, 7) is 5.19. The first-order valence-corrected chi connectivity index (χ1v) is 11.3. The number of carbonyl (C=O) groups is 1. The van der Waals surface area contributed by atoms with Gasteiger partial charge in [0.2, 0.25) is 0 Å². The SMILES string of the molecule is C1CCCC1.CCC(NC(=O)Nc1ccc(F)cc1)C(C)c1ccc2c(c1)OCCO2. The number of hydrogen-bond acceptors (Lipinski definition) is 3. The molecular weight excluding hydrogens is 395 g/mol. The van der Waals surface area contributed by atoms with Gasteiger partial charge in [-0.3, -0.25) is 0 Å². The van der Waals surface area contributed by atoms with E-state index in [-0.39, 0.29) is 23.8 Å². The highest BCUT2D eigenvalue weighted by atomic mass is 19.1. The molecular formula is C25H33FN2O3. The zero-order valence-electron chi connectivity index (χ0n) is 18.5. The van der Waals surface area contributed by atoms with Crippen LogP contribution in [0.25, 0.3) is 0 Å². The second kappa shape index (κ2) is 11.6. The number of rotatable bonds is 5. The van der Waals surface area contributed by atoms with Gasteiger partial charge in [-0.1, -0.05) is 52.0 Å². The molecule has 0 radical (unpaired) electrons. The Hall–Kier alpha value is -2.76. The van der Waals surface area contributed by atoms with E-state index in [0.29, 0.717) is 18.9 Å².